The van der Waals surface area contributed by atoms with E-state index in [1.807, 2.05) is 0 Å². The Bertz CT molecular complexity index is 1620. The minimum absolute atomic E-state index is 0.216. The van der Waals surface area contributed by atoms with Crippen molar-refractivity contribution in [2.75, 3.05) is 6.61 Å². The number of rotatable bonds is 8. The Balaban J connectivity index is 1.57. The van der Waals surface area contributed by atoms with Gasteiger partial charge in [-0.2, -0.15) is 13.2 Å². The first-order valence-electron chi connectivity index (χ1n) is 15.0. The number of benzene rings is 2. The van der Waals surface area contributed by atoms with Gasteiger partial charge in [-0.15, -0.1) is 5.10 Å². The standard InChI is InChI=1S/C31H32F6N4O7/c1-15(43)47-28-26(41-13-21(38-39-41)17-10-19(32)25(34)20(33)11-17)27(45)24(14-42)48-29(28)30(46)40(22-8-4-5-9-23(22)44)12-16-6-2-3-7-18(16)31(35,36)37/h2-3,6-7,10-11,13,22-24,26-29,42,44-45H,4-5,8-9,12,14H2,1H3/t22-,23-,24+,26-,27-,28+,29+/m0/s1. The van der Waals surface area contributed by atoms with Gasteiger partial charge in [0.05, 0.1) is 30.5 Å². The zero-order valence-electron chi connectivity index (χ0n) is 25.4. The number of nitrogens with zero attached hydrogens (tertiary/aromatic N) is 4. The van der Waals surface area contributed by atoms with E-state index in [1.165, 1.54) is 18.2 Å². The van der Waals surface area contributed by atoms with Gasteiger partial charge >= 0.3 is 12.1 Å². The van der Waals surface area contributed by atoms with Gasteiger partial charge in [0.2, 0.25) is 0 Å². The Morgan fingerprint density at radius 3 is 2.38 bits per heavy atom. The fraction of sp³-hybridized carbons (Fsp3) is 0.484. The predicted octanol–water partition coefficient (Wildman–Crippen LogP) is 3.31. The zero-order valence-corrected chi connectivity index (χ0v) is 25.4. The molecule has 260 valence electrons. The highest BCUT2D eigenvalue weighted by Crippen LogP contribution is 2.37. The molecule has 1 aliphatic carbocycles. The van der Waals surface area contributed by atoms with E-state index in [2.05, 4.69) is 10.3 Å². The van der Waals surface area contributed by atoms with Crippen LogP contribution in [0.5, 0.6) is 0 Å². The summed E-state index contributed by atoms with van der Waals surface area (Å²) in [5.74, 6) is -6.74. The van der Waals surface area contributed by atoms with Gasteiger partial charge in [-0.3, -0.25) is 9.59 Å². The molecule has 2 aromatic carbocycles. The summed E-state index contributed by atoms with van der Waals surface area (Å²) in [7, 11) is 0. The molecule has 17 heteroatoms. The summed E-state index contributed by atoms with van der Waals surface area (Å²) < 4.78 is 95.6. The van der Waals surface area contributed by atoms with Gasteiger partial charge in [0.15, 0.2) is 29.7 Å². The summed E-state index contributed by atoms with van der Waals surface area (Å²) >= 11 is 0. The Morgan fingerprint density at radius 2 is 1.75 bits per heavy atom. The second kappa shape index (κ2) is 14.2. The number of halogens is 6. The van der Waals surface area contributed by atoms with Crippen LogP contribution in [-0.2, 0) is 31.8 Å². The van der Waals surface area contributed by atoms with Crippen molar-refractivity contribution in [3.63, 3.8) is 0 Å². The van der Waals surface area contributed by atoms with E-state index in [0.717, 1.165) is 28.8 Å². The maximum Gasteiger partial charge on any atom is 0.416 e. The second-order valence-corrected chi connectivity index (χ2v) is 11.7. The van der Waals surface area contributed by atoms with Gasteiger partial charge in [-0.05, 0) is 36.6 Å². The molecule has 48 heavy (non-hydrogen) atoms. The highest BCUT2D eigenvalue weighted by molar-refractivity contribution is 5.83. The number of alkyl halides is 3. The molecule has 1 saturated carbocycles. The molecule has 2 heterocycles. The number of aromatic nitrogens is 3. The molecular weight excluding hydrogens is 654 g/mol. The van der Waals surface area contributed by atoms with E-state index in [-0.39, 0.29) is 29.7 Å². The van der Waals surface area contributed by atoms with E-state index >= 15 is 0 Å². The summed E-state index contributed by atoms with van der Waals surface area (Å²) in [4.78, 5) is 27.8. The molecule has 3 N–H and O–H groups in total. The molecule has 3 aromatic rings. The molecule has 0 unspecified atom stereocenters. The fourth-order valence-electron chi connectivity index (χ4n) is 6.27. The topological polar surface area (TPSA) is 147 Å². The van der Waals surface area contributed by atoms with Crippen LogP contribution in [0.2, 0.25) is 0 Å². The first-order chi connectivity index (χ1) is 22.7. The van der Waals surface area contributed by atoms with E-state index < -0.39 is 96.8 Å². The van der Waals surface area contributed by atoms with Gasteiger partial charge < -0.3 is 29.7 Å². The minimum atomic E-state index is -4.78. The monoisotopic (exact) mass is 686 g/mol. The van der Waals surface area contributed by atoms with E-state index in [1.54, 1.807) is 0 Å². The smallest absolute Gasteiger partial charge is 0.416 e. The van der Waals surface area contributed by atoms with Crippen LogP contribution in [0.1, 0.15) is 49.8 Å². The molecule has 1 aliphatic heterocycles. The van der Waals surface area contributed by atoms with Crippen LogP contribution in [0.4, 0.5) is 26.3 Å². The van der Waals surface area contributed by atoms with Crippen molar-refractivity contribution in [1.29, 1.82) is 0 Å². The Hall–Kier alpha value is -4.06. The van der Waals surface area contributed by atoms with Crippen LogP contribution in [0.25, 0.3) is 11.3 Å². The van der Waals surface area contributed by atoms with Gasteiger partial charge in [0.25, 0.3) is 5.91 Å². The maximum atomic E-state index is 14.5. The molecule has 1 aromatic heterocycles. The second-order valence-electron chi connectivity index (χ2n) is 11.7. The molecule has 0 radical (unpaired) electrons. The summed E-state index contributed by atoms with van der Waals surface area (Å²) in [6.07, 6.45) is -10.1. The molecule has 11 nitrogen and oxygen atoms in total. The number of carbonyl (C=O) groups excluding carboxylic acids is 2. The highest BCUT2D eigenvalue weighted by atomic mass is 19.4. The summed E-state index contributed by atoms with van der Waals surface area (Å²) in [6, 6.07) is 3.34. The van der Waals surface area contributed by atoms with Crippen LogP contribution in [0.3, 0.4) is 0 Å². The number of hydrogen-bond donors (Lipinski definition) is 3. The van der Waals surface area contributed by atoms with Crippen LogP contribution in [-0.4, -0.2) is 90.3 Å². The normalized spacial score (nSPS) is 26.2. The first kappa shape index (κ1) is 35.3. The third-order valence-electron chi connectivity index (χ3n) is 8.55. The summed E-state index contributed by atoms with van der Waals surface area (Å²) in [5.41, 5.74) is -1.77. The Morgan fingerprint density at radius 1 is 1.08 bits per heavy atom. The van der Waals surface area contributed by atoms with Crippen molar-refractivity contribution >= 4 is 11.9 Å². The molecule has 7 atom stereocenters. The van der Waals surface area contributed by atoms with E-state index in [4.69, 9.17) is 9.47 Å². The Labute approximate surface area is 269 Å². The molecule has 1 amide bonds. The number of aliphatic hydroxyl groups excluding tert-OH is 3. The molecule has 2 aliphatic rings. The van der Waals surface area contributed by atoms with Gasteiger partial charge in [0, 0.05) is 19.0 Å². The quantitative estimate of drug-likeness (QED) is 0.185. The zero-order chi connectivity index (χ0) is 34.9. The number of ether oxygens (including phenoxy) is 2. The number of hydrogen-bond acceptors (Lipinski definition) is 9. The number of amides is 1. The number of carbonyl (C=O) groups is 2. The van der Waals surface area contributed by atoms with E-state index in [9.17, 15) is 51.3 Å². The molecular formula is C31H32F6N4O7. The largest absolute Gasteiger partial charge is 0.457 e. The van der Waals surface area contributed by atoms with Crippen molar-refractivity contribution in [2.45, 2.75) is 87.9 Å². The summed E-state index contributed by atoms with van der Waals surface area (Å²) in [5, 5.41) is 40.0. The molecule has 0 bridgehead atoms. The van der Waals surface area contributed by atoms with Crippen LogP contribution in [0, 0.1) is 17.5 Å². The fourth-order valence-corrected chi connectivity index (χ4v) is 6.27. The van der Waals surface area contributed by atoms with Crippen molar-refractivity contribution in [3.05, 3.63) is 71.2 Å². The molecule has 5 rings (SSSR count). The average Bonchev–Trinajstić information content (AvgIpc) is 3.52. The first-order valence-corrected chi connectivity index (χ1v) is 15.0. The lowest BCUT2D eigenvalue weighted by molar-refractivity contribution is -0.223. The SMILES string of the molecule is CC(=O)O[C@@H]1[C@@H](n2cc(-c3cc(F)c(F)c(F)c3)nn2)[C@@H](O)[C@@H](CO)O[C@H]1C(=O)N(Cc1ccccc1C(F)(F)F)[C@H]1CCCC[C@@H]1O. The third kappa shape index (κ3) is 7.18. The lowest BCUT2D eigenvalue weighted by Gasteiger charge is -2.46. The van der Waals surface area contributed by atoms with Crippen molar-refractivity contribution in [3.8, 4) is 11.3 Å². The lowest BCUT2D eigenvalue weighted by Crippen LogP contribution is -2.63. The minimum Gasteiger partial charge on any atom is -0.457 e. The van der Waals surface area contributed by atoms with Crippen molar-refractivity contribution in [1.82, 2.24) is 19.9 Å². The average molecular weight is 687 g/mol. The predicted molar refractivity (Wildman–Crippen MR) is 152 cm³/mol. The van der Waals surface area contributed by atoms with Crippen LogP contribution < -0.4 is 0 Å². The van der Waals surface area contributed by atoms with Crippen LogP contribution >= 0.6 is 0 Å². The highest BCUT2D eigenvalue weighted by Gasteiger charge is 2.53. The van der Waals surface area contributed by atoms with Crippen molar-refractivity contribution in [2.24, 2.45) is 0 Å². The number of esters is 1. The van der Waals surface area contributed by atoms with Crippen LogP contribution in [0.15, 0.2) is 42.6 Å². The number of aliphatic hydroxyl groups is 3. The van der Waals surface area contributed by atoms with E-state index in [0.29, 0.717) is 25.0 Å². The van der Waals surface area contributed by atoms with Gasteiger partial charge in [-0.1, -0.05) is 36.3 Å². The summed E-state index contributed by atoms with van der Waals surface area (Å²) in [6.45, 7) is -0.523. The van der Waals surface area contributed by atoms with Gasteiger partial charge in [0.1, 0.15) is 23.9 Å². The lowest BCUT2D eigenvalue weighted by atomic mass is 9.88. The maximum absolute atomic E-state index is 14.5. The Kier molecular flexibility index (Phi) is 10.4. The molecule has 0 spiro atoms. The van der Waals surface area contributed by atoms with Crippen molar-refractivity contribution < 1.29 is 60.7 Å². The van der Waals surface area contributed by atoms with Gasteiger partial charge in [-0.25, -0.2) is 17.9 Å². The third-order valence-corrected chi connectivity index (χ3v) is 8.55. The molecule has 1 saturated heterocycles. The molecule has 2 fully saturated rings.